The molecule has 1 saturated heterocycles. The van der Waals surface area contributed by atoms with Crippen LogP contribution in [-0.2, 0) is 6.18 Å². The summed E-state index contributed by atoms with van der Waals surface area (Å²) in [6.45, 7) is 3.50. The van der Waals surface area contributed by atoms with Crippen molar-refractivity contribution in [3.8, 4) is 0 Å². The molecule has 2 aromatic rings. The van der Waals surface area contributed by atoms with E-state index in [1.54, 1.807) is 13.8 Å². The summed E-state index contributed by atoms with van der Waals surface area (Å²) in [5.41, 5.74) is -0.834. The first-order valence-corrected chi connectivity index (χ1v) is 7.91. The summed E-state index contributed by atoms with van der Waals surface area (Å²) in [7, 11) is 0. The van der Waals surface area contributed by atoms with E-state index in [4.69, 9.17) is 4.42 Å². The average Bonchev–Trinajstić information content (AvgIpc) is 2.87. The highest BCUT2D eigenvalue weighted by Crippen LogP contribution is 2.38. The van der Waals surface area contributed by atoms with E-state index >= 15 is 0 Å². The highest BCUT2D eigenvalue weighted by molar-refractivity contribution is 5.81. The van der Waals surface area contributed by atoms with Gasteiger partial charge in [-0.05, 0) is 12.1 Å². The molecule has 25 heavy (non-hydrogen) atoms. The second kappa shape index (κ2) is 6.12. The van der Waals surface area contributed by atoms with Gasteiger partial charge in [-0.25, -0.2) is 13.8 Å². The molecule has 0 radical (unpaired) electrons. The molecule has 1 aliphatic rings. The summed E-state index contributed by atoms with van der Waals surface area (Å²) in [5, 5.41) is 2.85. The lowest BCUT2D eigenvalue weighted by Crippen LogP contribution is -2.57. The number of hydrogen-bond acceptors (Lipinski definition) is 4. The van der Waals surface area contributed by atoms with Gasteiger partial charge in [-0.15, -0.1) is 0 Å². The van der Waals surface area contributed by atoms with Crippen molar-refractivity contribution in [1.29, 1.82) is 0 Å². The Labute approximate surface area is 141 Å². The molecule has 0 spiro atoms. The minimum absolute atomic E-state index is 0.122. The highest BCUT2D eigenvalue weighted by atomic mass is 19.4. The van der Waals surface area contributed by atoms with E-state index in [2.05, 4.69) is 10.3 Å². The Bertz CT molecular complexity index is 761. The zero-order valence-corrected chi connectivity index (χ0v) is 13.8. The maximum atomic E-state index is 13.3. The maximum Gasteiger partial charge on any atom is 0.420 e. The Morgan fingerprint density at radius 2 is 1.96 bits per heavy atom. The van der Waals surface area contributed by atoms with Crippen LogP contribution in [0.3, 0.4) is 0 Å². The molecule has 1 N–H and O–H groups in total. The first kappa shape index (κ1) is 17.9. The van der Waals surface area contributed by atoms with Crippen LogP contribution in [0.1, 0.15) is 31.2 Å². The zero-order valence-electron chi connectivity index (χ0n) is 13.8. The van der Waals surface area contributed by atoms with E-state index in [0.29, 0.717) is 6.54 Å². The molecule has 9 heteroatoms. The van der Waals surface area contributed by atoms with E-state index in [1.807, 2.05) is 0 Å². The molecule has 4 nitrogen and oxygen atoms in total. The van der Waals surface area contributed by atoms with Gasteiger partial charge in [0.15, 0.2) is 11.5 Å². The zero-order chi connectivity index (χ0) is 18.4. The second-order valence-corrected chi connectivity index (χ2v) is 6.57. The summed E-state index contributed by atoms with van der Waals surface area (Å²) in [6, 6.07) is 2.44. The van der Waals surface area contributed by atoms with Crippen LogP contribution in [0.15, 0.2) is 16.5 Å². The highest BCUT2D eigenvalue weighted by Gasteiger charge is 2.43. The lowest BCUT2D eigenvalue weighted by molar-refractivity contribution is -0.136. The van der Waals surface area contributed by atoms with Crippen LogP contribution in [0.2, 0.25) is 0 Å². The largest absolute Gasteiger partial charge is 0.440 e. The van der Waals surface area contributed by atoms with Gasteiger partial charge in [-0.1, -0.05) is 13.8 Å². The fourth-order valence-electron chi connectivity index (χ4n) is 2.73. The Kier molecular flexibility index (Phi) is 4.38. The number of nitrogens with zero attached hydrogens (tertiary/aromatic N) is 2. The van der Waals surface area contributed by atoms with Crippen molar-refractivity contribution < 1.29 is 26.4 Å². The molecular weight excluding hydrogens is 345 g/mol. The molecule has 138 valence electrons. The Morgan fingerprint density at radius 1 is 1.28 bits per heavy atom. The van der Waals surface area contributed by atoms with E-state index in [1.165, 1.54) is 11.0 Å². The van der Waals surface area contributed by atoms with Gasteiger partial charge in [0.2, 0.25) is 0 Å². The number of nitrogens with one attached hydrogen (secondary N) is 1. The Balaban J connectivity index is 1.78. The summed E-state index contributed by atoms with van der Waals surface area (Å²) < 4.78 is 70.7. The van der Waals surface area contributed by atoms with Gasteiger partial charge in [-0.2, -0.15) is 13.2 Å². The summed E-state index contributed by atoms with van der Waals surface area (Å²) in [4.78, 5) is 5.65. The number of alkyl halides is 5. The Morgan fingerprint density at radius 3 is 2.52 bits per heavy atom. The molecule has 1 aromatic carbocycles. The third-order valence-electron chi connectivity index (χ3n) is 3.97. The number of likely N-dealkylation sites (tertiary alicyclic amines) is 1. The molecule has 1 aromatic heterocycles. The van der Waals surface area contributed by atoms with Crippen LogP contribution < -0.4 is 5.32 Å². The molecular formula is C16H18F5N3O. The van der Waals surface area contributed by atoms with Gasteiger partial charge < -0.3 is 9.73 Å². The van der Waals surface area contributed by atoms with Gasteiger partial charge in [0.25, 0.3) is 5.92 Å². The van der Waals surface area contributed by atoms with Crippen LogP contribution in [0.5, 0.6) is 0 Å². The first-order valence-electron chi connectivity index (χ1n) is 7.91. The van der Waals surface area contributed by atoms with E-state index in [-0.39, 0.29) is 48.2 Å². The van der Waals surface area contributed by atoms with Crippen LogP contribution in [0.4, 0.5) is 27.6 Å². The lowest BCUT2D eigenvalue weighted by Gasteiger charge is -2.38. The summed E-state index contributed by atoms with van der Waals surface area (Å²) in [6.07, 6.45) is -4.58. The number of anilines is 1. The predicted molar refractivity (Wildman–Crippen MR) is 83.0 cm³/mol. The molecule has 2 heterocycles. The Hall–Kier alpha value is -1.90. The number of rotatable bonds is 5. The summed E-state index contributed by atoms with van der Waals surface area (Å²) in [5.74, 6) is -2.56. The lowest BCUT2D eigenvalue weighted by atomic mass is 10.1. The van der Waals surface area contributed by atoms with Crippen molar-refractivity contribution in [2.45, 2.75) is 31.9 Å². The number of benzene rings is 1. The predicted octanol–water partition coefficient (Wildman–Crippen LogP) is 4.33. The first-order chi connectivity index (χ1) is 11.5. The maximum absolute atomic E-state index is 13.3. The normalized spacial score (nSPS) is 17.9. The molecule has 0 unspecified atom stereocenters. The number of hydrogen-bond donors (Lipinski definition) is 1. The van der Waals surface area contributed by atoms with Crippen LogP contribution in [-0.4, -0.2) is 42.0 Å². The van der Waals surface area contributed by atoms with Gasteiger partial charge >= 0.3 is 6.18 Å². The van der Waals surface area contributed by atoms with Gasteiger partial charge in [-0.3, -0.25) is 4.90 Å². The number of halogens is 5. The van der Waals surface area contributed by atoms with Crippen LogP contribution >= 0.6 is 0 Å². The van der Waals surface area contributed by atoms with Crippen LogP contribution in [0.25, 0.3) is 11.1 Å². The standard InChI is InChI=1S/C16H18F5N3O/c1-9(2)14-23-12-6-10(5-11(13(12)25-14)16(19,20)21)22-3-4-24-7-15(17,18)8-24/h5-6,9,22H,3-4,7-8H2,1-2H3. The topological polar surface area (TPSA) is 41.3 Å². The number of aromatic nitrogens is 1. The van der Waals surface area contributed by atoms with Crippen molar-refractivity contribution in [2.24, 2.45) is 0 Å². The monoisotopic (exact) mass is 363 g/mol. The molecule has 0 amide bonds. The molecule has 0 bridgehead atoms. The molecule has 0 atom stereocenters. The number of fused-ring (bicyclic) bond motifs is 1. The van der Waals surface area contributed by atoms with E-state index in [9.17, 15) is 22.0 Å². The smallest absolute Gasteiger partial charge is 0.420 e. The van der Waals surface area contributed by atoms with Crippen molar-refractivity contribution in [3.63, 3.8) is 0 Å². The van der Waals surface area contributed by atoms with Gasteiger partial charge in [0, 0.05) is 24.7 Å². The molecule has 3 rings (SSSR count). The molecule has 0 aliphatic carbocycles. The second-order valence-electron chi connectivity index (χ2n) is 6.57. The van der Waals surface area contributed by atoms with Crippen LogP contribution in [0, 0.1) is 0 Å². The molecule has 1 aliphatic heterocycles. The van der Waals surface area contributed by atoms with Gasteiger partial charge in [0.1, 0.15) is 11.1 Å². The molecule has 0 saturated carbocycles. The SMILES string of the molecule is CC(C)c1nc2cc(NCCN3CC(F)(F)C3)cc(C(F)(F)F)c2o1. The van der Waals surface area contributed by atoms with Crippen molar-refractivity contribution in [1.82, 2.24) is 9.88 Å². The third-order valence-corrected chi connectivity index (χ3v) is 3.97. The minimum Gasteiger partial charge on any atom is -0.440 e. The van der Waals surface area contributed by atoms with Crippen molar-refractivity contribution in [2.75, 3.05) is 31.5 Å². The number of oxazole rings is 1. The van der Waals surface area contributed by atoms with E-state index in [0.717, 1.165) is 6.07 Å². The third kappa shape index (κ3) is 3.86. The summed E-state index contributed by atoms with van der Waals surface area (Å²) >= 11 is 0. The molecule has 1 fully saturated rings. The van der Waals surface area contributed by atoms with Crippen molar-refractivity contribution in [3.05, 3.63) is 23.6 Å². The quantitative estimate of drug-likeness (QED) is 0.803. The van der Waals surface area contributed by atoms with E-state index < -0.39 is 17.7 Å². The fraction of sp³-hybridized carbons (Fsp3) is 0.562. The minimum atomic E-state index is -4.58. The van der Waals surface area contributed by atoms with Gasteiger partial charge in [0.05, 0.1) is 13.1 Å². The fourth-order valence-corrected chi connectivity index (χ4v) is 2.73. The average molecular weight is 363 g/mol. The van der Waals surface area contributed by atoms with Crippen molar-refractivity contribution >= 4 is 16.8 Å².